The molecular weight excluding hydrogens is 312 g/mol. The fourth-order valence-corrected chi connectivity index (χ4v) is 2.78. The number of nitrogens with zero attached hydrogens (tertiary/aromatic N) is 1. The number of anilines is 2. The molecular formula is C17H21ClN4O. The minimum atomic E-state index is -0.463. The summed E-state index contributed by atoms with van der Waals surface area (Å²) in [5, 5.41) is 15.4. The average molecular weight is 333 g/mol. The molecule has 1 amide bonds. The zero-order chi connectivity index (χ0) is 16.7. The Morgan fingerprint density at radius 2 is 2.00 bits per heavy atom. The minimum absolute atomic E-state index is 0.0437. The number of hydrogen-bond acceptors (Lipinski definition) is 4. The maximum atomic E-state index is 12.2. The first-order valence-corrected chi connectivity index (χ1v) is 8.20. The predicted molar refractivity (Wildman–Crippen MR) is 92.8 cm³/mol. The minimum Gasteiger partial charge on any atom is -0.398 e. The van der Waals surface area contributed by atoms with Crippen LogP contribution in [0.25, 0.3) is 0 Å². The number of carbonyl (C=O) groups is 1. The maximum absolute atomic E-state index is 12.2. The Morgan fingerprint density at radius 3 is 2.61 bits per heavy atom. The van der Waals surface area contributed by atoms with Crippen LogP contribution in [0.1, 0.15) is 38.5 Å². The quantitative estimate of drug-likeness (QED) is 0.340. The molecule has 0 spiro atoms. The van der Waals surface area contributed by atoms with Crippen molar-refractivity contribution in [1.29, 1.82) is 5.26 Å². The second-order valence-corrected chi connectivity index (χ2v) is 6.12. The summed E-state index contributed by atoms with van der Waals surface area (Å²) in [4.78, 5) is 12.2. The van der Waals surface area contributed by atoms with E-state index in [-0.39, 0.29) is 5.57 Å². The van der Waals surface area contributed by atoms with Crippen molar-refractivity contribution in [2.24, 2.45) is 0 Å². The molecule has 1 aromatic carbocycles. The third-order valence-corrected chi connectivity index (χ3v) is 4.27. The van der Waals surface area contributed by atoms with Crippen molar-refractivity contribution >= 4 is 28.9 Å². The number of halogens is 1. The molecule has 0 atom stereocenters. The van der Waals surface area contributed by atoms with Crippen LogP contribution < -0.4 is 16.4 Å². The number of benzene rings is 1. The van der Waals surface area contributed by atoms with E-state index < -0.39 is 5.91 Å². The van der Waals surface area contributed by atoms with E-state index in [9.17, 15) is 10.1 Å². The van der Waals surface area contributed by atoms with Crippen LogP contribution in [0.5, 0.6) is 0 Å². The Bertz CT molecular complexity index is 628. The van der Waals surface area contributed by atoms with Crippen molar-refractivity contribution in [1.82, 2.24) is 5.32 Å². The summed E-state index contributed by atoms with van der Waals surface area (Å²) in [5.41, 5.74) is 6.62. The monoisotopic (exact) mass is 332 g/mol. The van der Waals surface area contributed by atoms with Crippen LogP contribution in [0.15, 0.2) is 30.0 Å². The number of nitriles is 1. The van der Waals surface area contributed by atoms with Crippen LogP contribution in [-0.2, 0) is 4.79 Å². The van der Waals surface area contributed by atoms with Crippen molar-refractivity contribution in [3.05, 3.63) is 35.0 Å². The highest BCUT2D eigenvalue weighted by molar-refractivity contribution is 6.33. The van der Waals surface area contributed by atoms with Gasteiger partial charge in [-0.3, -0.25) is 4.79 Å². The zero-order valence-electron chi connectivity index (χ0n) is 12.9. The molecule has 23 heavy (non-hydrogen) atoms. The smallest absolute Gasteiger partial charge is 0.267 e. The molecule has 0 radical (unpaired) electrons. The highest BCUT2D eigenvalue weighted by atomic mass is 35.5. The zero-order valence-corrected chi connectivity index (χ0v) is 13.7. The molecule has 5 nitrogen and oxygen atoms in total. The van der Waals surface area contributed by atoms with Gasteiger partial charge in [0.15, 0.2) is 0 Å². The SMILES string of the molecule is N#C/C(=C/NC1CCCCCC1)C(=O)Nc1ccc(N)c(Cl)c1. The Hall–Kier alpha value is -2.19. The van der Waals surface area contributed by atoms with Crippen molar-refractivity contribution < 1.29 is 4.79 Å². The lowest BCUT2D eigenvalue weighted by molar-refractivity contribution is -0.112. The number of hydrogen-bond donors (Lipinski definition) is 3. The van der Waals surface area contributed by atoms with Gasteiger partial charge >= 0.3 is 0 Å². The van der Waals surface area contributed by atoms with Crippen LogP contribution in [0.2, 0.25) is 5.02 Å². The molecule has 2 rings (SSSR count). The first kappa shape index (κ1) is 17.2. The van der Waals surface area contributed by atoms with Crippen molar-refractivity contribution in [3.8, 4) is 6.07 Å². The van der Waals surface area contributed by atoms with Gasteiger partial charge in [-0.1, -0.05) is 37.3 Å². The van der Waals surface area contributed by atoms with E-state index in [0.29, 0.717) is 22.4 Å². The van der Waals surface area contributed by atoms with E-state index in [1.54, 1.807) is 18.2 Å². The van der Waals surface area contributed by atoms with E-state index >= 15 is 0 Å². The van der Waals surface area contributed by atoms with Gasteiger partial charge in [-0.2, -0.15) is 5.26 Å². The lowest BCUT2D eigenvalue weighted by Gasteiger charge is -2.14. The lowest BCUT2D eigenvalue weighted by atomic mass is 10.1. The van der Waals surface area contributed by atoms with Crippen LogP contribution in [0.4, 0.5) is 11.4 Å². The number of amides is 1. The molecule has 0 bridgehead atoms. The van der Waals surface area contributed by atoms with Gasteiger partial charge in [0.05, 0.1) is 10.7 Å². The Balaban J connectivity index is 1.98. The summed E-state index contributed by atoms with van der Waals surface area (Å²) in [7, 11) is 0. The molecule has 1 fully saturated rings. The standard InChI is InChI=1S/C17H21ClN4O/c18-15-9-14(7-8-16(15)20)22-17(23)12(10-19)11-21-13-5-3-1-2-4-6-13/h7-9,11,13,21H,1-6,20H2,(H,22,23)/b12-11-. The Kier molecular flexibility index (Phi) is 6.30. The first-order chi connectivity index (χ1) is 11.1. The van der Waals surface area contributed by atoms with Gasteiger partial charge in [0.1, 0.15) is 11.6 Å². The second kappa shape index (κ2) is 8.44. The largest absolute Gasteiger partial charge is 0.398 e. The molecule has 122 valence electrons. The van der Waals surface area contributed by atoms with Gasteiger partial charge in [-0.15, -0.1) is 0 Å². The molecule has 0 unspecified atom stereocenters. The Morgan fingerprint density at radius 1 is 1.30 bits per heavy atom. The van der Waals surface area contributed by atoms with Gasteiger partial charge in [0.25, 0.3) is 5.91 Å². The van der Waals surface area contributed by atoms with E-state index in [4.69, 9.17) is 17.3 Å². The molecule has 0 heterocycles. The topological polar surface area (TPSA) is 90.9 Å². The van der Waals surface area contributed by atoms with E-state index in [1.807, 2.05) is 6.07 Å². The summed E-state index contributed by atoms with van der Waals surface area (Å²) >= 11 is 5.92. The van der Waals surface area contributed by atoms with Gasteiger partial charge in [0.2, 0.25) is 0 Å². The highest BCUT2D eigenvalue weighted by Gasteiger charge is 2.13. The number of carbonyl (C=O) groups excluding carboxylic acids is 1. The van der Waals surface area contributed by atoms with Gasteiger partial charge in [-0.05, 0) is 31.0 Å². The third-order valence-electron chi connectivity index (χ3n) is 3.94. The molecule has 0 aliphatic heterocycles. The predicted octanol–water partition coefficient (Wildman–Crippen LogP) is 3.58. The molecule has 1 aliphatic carbocycles. The summed E-state index contributed by atoms with van der Waals surface area (Å²) in [6.45, 7) is 0. The van der Waals surface area contributed by atoms with E-state index in [0.717, 1.165) is 12.8 Å². The highest BCUT2D eigenvalue weighted by Crippen LogP contribution is 2.23. The van der Waals surface area contributed by atoms with Gasteiger partial charge < -0.3 is 16.4 Å². The summed E-state index contributed by atoms with van der Waals surface area (Å²) < 4.78 is 0. The number of rotatable bonds is 4. The van der Waals surface area contributed by atoms with Crippen LogP contribution in [-0.4, -0.2) is 11.9 Å². The number of nitrogen functional groups attached to an aromatic ring is 1. The fourth-order valence-electron chi connectivity index (χ4n) is 2.60. The normalized spacial score (nSPS) is 16.3. The van der Waals surface area contributed by atoms with Crippen molar-refractivity contribution in [2.45, 2.75) is 44.6 Å². The third kappa shape index (κ3) is 5.19. The number of nitrogens with one attached hydrogen (secondary N) is 2. The molecule has 1 saturated carbocycles. The molecule has 1 aromatic rings. The fraction of sp³-hybridized carbons (Fsp3) is 0.412. The van der Waals surface area contributed by atoms with E-state index in [2.05, 4.69) is 10.6 Å². The summed E-state index contributed by atoms with van der Waals surface area (Å²) in [6.07, 6.45) is 8.54. The second-order valence-electron chi connectivity index (χ2n) is 5.72. The van der Waals surface area contributed by atoms with E-state index in [1.165, 1.54) is 31.9 Å². The first-order valence-electron chi connectivity index (χ1n) is 7.83. The lowest BCUT2D eigenvalue weighted by Crippen LogP contribution is -2.25. The Labute approximate surface area is 141 Å². The average Bonchev–Trinajstić information content (AvgIpc) is 2.80. The molecule has 0 saturated heterocycles. The molecule has 1 aliphatic rings. The van der Waals surface area contributed by atoms with Gasteiger partial charge in [0, 0.05) is 17.9 Å². The molecule has 6 heteroatoms. The van der Waals surface area contributed by atoms with Gasteiger partial charge in [-0.25, -0.2) is 0 Å². The maximum Gasteiger partial charge on any atom is 0.267 e. The van der Waals surface area contributed by atoms with Crippen LogP contribution in [0, 0.1) is 11.3 Å². The van der Waals surface area contributed by atoms with Crippen molar-refractivity contribution in [2.75, 3.05) is 11.1 Å². The molecule has 4 N–H and O–H groups in total. The van der Waals surface area contributed by atoms with Crippen molar-refractivity contribution in [3.63, 3.8) is 0 Å². The molecule has 0 aromatic heterocycles. The van der Waals surface area contributed by atoms with Crippen LogP contribution >= 0.6 is 11.6 Å². The summed E-state index contributed by atoms with van der Waals surface area (Å²) in [5.74, 6) is -0.463. The summed E-state index contributed by atoms with van der Waals surface area (Å²) in [6, 6.07) is 7.08. The van der Waals surface area contributed by atoms with Crippen LogP contribution in [0.3, 0.4) is 0 Å². The number of nitrogens with two attached hydrogens (primary N) is 1.